The van der Waals surface area contributed by atoms with E-state index >= 15 is 0 Å². The highest BCUT2D eigenvalue weighted by Crippen LogP contribution is 2.10. The summed E-state index contributed by atoms with van der Waals surface area (Å²) in [4.78, 5) is 2.44. The van der Waals surface area contributed by atoms with Crippen LogP contribution in [0.5, 0.6) is 0 Å². The van der Waals surface area contributed by atoms with Crippen LogP contribution in [0.15, 0.2) is 30.3 Å². The van der Waals surface area contributed by atoms with E-state index < -0.39 is 0 Å². The Kier molecular flexibility index (Phi) is 4.98. The fraction of sp³-hybridized carbons (Fsp3) is 0.571. The van der Waals surface area contributed by atoms with Crippen molar-refractivity contribution in [3.8, 4) is 0 Å². The highest BCUT2D eigenvalue weighted by Gasteiger charge is 2.15. The van der Waals surface area contributed by atoms with Crippen molar-refractivity contribution < 1.29 is 5.11 Å². The molecule has 1 aliphatic heterocycles. The van der Waals surface area contributed by atoms with Crippen molar-refractivity contribution in [1.82, 2.24) is 10.2 Å². The van der Waals surface area contributed by atoms with E-state index in [9.17, 15) is 5.11 Å². The Morgan fingerprint density at radius 2 is 1.88 bits per heavy atom. The van der Waals surface area contributed by atoms with Crippen LogP contribution in [0.1, 0.15) is 5.56 Å². The average molecular weight is 234 g/mol. The van der Waals surface area contributed by atoms with Crippen LogP contribution in [0.25, 0.3) is 0 Å². The molecule has 1 saturated heterocycles. The van der Waals surface area contributed by atoms with E-state index in [0.717, 1.165) is 39.1 Å². The summed E-state index contributed by atoms with van der Waals surface area (Å²) in [6, 6.07) is 10.4. The number of nitrogens with zero attached hydrogens (tertiary/aromatic N) is 1. The molecule has 1 unspecified atom stereocenters. The highest BCUT2D eigenvalue weighted by molar-refractivity contribution is 5.15. The molecule has 0 aromatic heterocycles. The second-order valence-corrected chi connectivity index (χ2v) is 4.79. The molecule has 0 amide bonds. The van der Waals surface area contributed by atoms with Gasteiger partial charge in [0.1, 0.15) is 0 Å². The lowest BCUT2D eigenvalue weighted by Gasteiger charge is -2.30. The molecular weight excluding hydrogens is 212 g/mol. The van der Waals surface area contributed by atoms with Gasteiger partial charge in [-0.3, -0.25) is 0 Å². The van der Waals surface area contributed by atoms with E-state index in [0.29, 0.717) is 5.92 Å². The molecule has 1 aliphatic rings. The topological polar surface area (TPSA) is 35.5 Å². The number of piperazine rings is 1. The summed E-state index contributed by atoms with van der Waals surface area (Å²) in [6.45, 7) is 5.63. The van der Waals surface area contributed by atoms with Gasteiger partial charge in [0.05, 0.1) is 0 Å². The number of hydrogen-bond acceptors (Lipinski definition) is 3. The summed E-state index contributed by atoms with van der Waals surface area (Å²) in [5.74, 6) is 0.357. The van der Waals surface area contributed by atoms with Crippen LogP contribution in [-0.2, 0) is 6.42 Å². The Bertz CT molecular complexity index is 309. The van der Waals surface area contributed by atoms with Crippen molar-refractivity contribution >= 4 is 0 Å². The minimum atomic E-state index is 0.277. The summed E-state index contributed by atoms with van der Waals surface area (Å²) >= 11 is 0. The van der Waals surface area contributed by atoms with Crippen molar-refractivity contribution in [1.29, 1.82) is 0 Å². The third-order valence-corrected chi connectivity index (χ3v) is 3.35. The molecule has 1 fully saturated rings. The molecule has 0 bridgehead atoms. The van der Waals surface area contributed by atoms with Gasteiger partial charge in [-0.2, -0.15) is 0 Å². The normalized spacial score (nSPS) is 19.1. The van der Waals surface area contributed by atoms with Crippen molar-refractivity contribution in [3.63, 3.8) is 0 Å². The second-order valence-electron chi connectivity index (χ2n) is 4.79. The lowest BCUT2D eigenvalue weighted by Crippen LogP contribution is -2.45. The van der Waals surface area contributed by atoms with E-state index in [1.807, 2.05) is 6.07 Å². The van der Waals surface area contributed by atoms with Crippen molar-refractivity contribution in [2.45, 2.75) is 6.42 Å². The average Bonchev–Trinajstić information content (AvgIpc) is 2.40. The zero-order chi connectivity index (χ0) is 11.9. The molecule has 1 heterocycles. The fourth-order valence-electron chi connectivity index (χ4n) is 2.39. The molecule has 17 heavy (non-hydrogen) atoms. The summed E-state index contributed by atoms with van der Waals surface area (Å²) in [5.41, 5.74) is 1.32. The molecule has 0 aliphatic carbocycles. The van der Waals surface area contributed by atoms with Crippen molar-refractivity contribution in [3.05, 3.63) is 35.9 Å². The first-order chi connectivity index (χ1) is 8.38. The minimum Gasteiger partial charge on any atom is -0.396 e. The van der Waals surface area contributed by atoms with Gasteiger partial charge in [-0.15, -0.1) is 0 Å². The van der Waals surface area contributed by atoms with E-state index in [4.69, 9.17) is 0 Å². The zero-order valence-electron chi connectivity index (χ0n) is 10.3. The Labute approximate surface area is 103 Å². The standard InChI is InChI=1S/C14H22N2O/c17-12-14(10-13-4-2-1-3-5-13)11-16-8-6-15-7-9-16/h1-5,14-15,17H,6-12H2. The monoisotopic (exact) mass is 234 g/mol. The van der Waals surface area contributed by atoms with Crippen LogP contribution >= 0.6 is 0 Å². The lowest BCUT2D eigenvalue weighted by molar-refractivity contribution is 0.152. The molecule has 0 saturated carbocycles. The summed E-state index contributed by atoms with van der Waals surface area (Å²) < 4.78 is 0. The Morgan fingerprint density at radius 3 is 2.53 bits per heavy atom. The molecule has 1 aromatic carbocycles. The predicted molar refractivity (Wildman–Crippen MR) is 70.0 cm³/mol. The van der Waals surface area contributed by atoms with Gasteiger partial charge in [0.25, 0.3) is 0 Å². The highest BCUT2D eigenvalue weighted by atomic mass is 16.3. The van der Waals surface area contributed by atoms with Gasteiger partial charge in [0.2, 0.25) is 0 Å². The molecule has 0 radical (unpaired) electrons. The van der Waals surface area contributed by atoms with Crippen molar-refractivity contribution in [2.75, 3.05) is 39.3 Å². The number of benzene rings is 1. The minimum absolute atomic E-state index is 0.277. The molecule has 2 N–H and O–H groups in total. The molecule has 94 valence electrons. The quantitative estimate of drug-likeness (QED) is 0.789. The molecule has 1 atom stereocenters. The predicted octanol–water partition coefficient (Wildman–Crippen LogP) is 0.743. The molecule has 0 spiro atoms. The van der Waals surface area contributed by atoms with Gasteiger partial charge >= 0.3 is 0 Å². The van der Waals surface area contributed by atoms with E-state index in [1.54, 1.807) is 0 Å². The second kappa shape index (κ2) is 6.74. The first-order valence-electron chi connectivity index (χ1n) is 6.46. The number of hydrogen-bond donors (Lipinski definition) is 2. The van der Waals surface area contributed by atoms with Crippen LogP contribution in [0.2, 0.25) is 0 Å². The molecule has 1 aromatic rings. The largest absolute Gasteiger partial charge is 0.396 e. The smallest absolute Gasteiger partial charge is 0.0474 e. The van der Waals surface area contributed by atoms with Crippen LogP contribution in [0, 0.1) is 5.92 Å². The Hall–Kier alpha value is -0.900. The number of aliphatic hydroxyl groups is 1. The first kappa shape index (κ1) is 12.6. The SMILES string of the molecule is OCC(Cc1ccccc1)CN1CCNCC1. The van der Waals surface area contributed by atoms with Crippen LogP contribution in [-0.4, -0.2) is 49.3 Å². The van der Waals surface area contributed by atoms with E-state index in [-0.39, 0.29) is 6.61 Å². The molecular formula is C14H22N2O. The van der Waals surface area contributed by atoms with Gasteiger partial charge < -0.3 is 15.3 Å². The first-order valence-corrected chi connectivity index (χ1v) is 6.46. The Balaban J connectivity index is 1.83. The van der Waals surface area contributed by atoms with E-state index in [2.05, 4.69) is 34.5 Å². The summed E-state index contributed by atoms with van der Waals surface area (Å²) in [5, 5.41) is 12.8. The molecule has 3 nitrogen and oxygen atoms in total. The maximum absolute atomic E-state index is 9.48. The van der Waals surface area contributed by atoms with Gasteiger partial charge in [-0.05, 0) is 17.9 Å². The van der Waals surface area contributed by atoms with E-state index in [1.165, 1.54) is 5.56 Å². The van der Waals surface area contributed by atoms with Gasteiger partial charge in [0, 0.05) is 39.3 Å². The third-order valence-electron chi connectivity index (χ3n) is 3.35. The Morgan fingerprint density at radius 1 is 1.18 bits per heavy atom. The number of nitrogens with one attached hydrogen (secondary N) is 1. The van der Waals surface area contributed by atoms with Crippen molar-refractivity contribution in [2.24, 2.45) is 5.92 Å². The maximum Gasteiger partial charge on any atom is 0.0474 e. The molecule has 3 heteroatoms. The number of aliphatic hydroxyl groups excluding tert-OH is 1. The summed E-state index contributed by atoms with van der Waals surface area (Å²) in [7, 11) is 0. The van der Waals surface area contributed by atoms with Gasteiger partial charge in [-0.25, -0.2) is 0 Å². The molecule has 2 rings (SSSR count). The van der Waals surface area contributed by atoms with Gasteiger partial charge in [-0.1, -0.05) is 30.3 Å². The fourth-order valence-corrected chi connectivity index (χ4v) is 2.39. The van der Waals surface area contributed by atoms with Crippen LogP contribution in [0.4, 0.5) is 0 Å². The lowest BCUT2D eigenvalue weighted by atomic mass is 9.99. The summed E-state index contributed by atoms with van der Waals surface area (Å²) in [6.07, 6.45) is 0.973. The number of rotatable bonds is 5. The van der Waals surface area contributed by atoms with Crippen LogP contribution in [0.3, 0.4) is 0 Å². The maximum atomic E-state index is 9.48. The zero-order valence-corrected chi connectivity index (χ0v) is 10.3. The van der Waals surface area contributed by atoms with Crippen LogP contribution < -0.4 is 5.32 Å². The van der Waals surface area contributed by atoms with Gasteiger partial charge in [0.15, 0.2) is 0 Å². The third kappa shape index (κ3) is 4.11.